The third-order valence-electron chi connectivity index (χ3n) is 4.28. The topological polar surface area (TPSA) is 141 Å². The number of nitrogens with one attached hydrogen (secondary N) is 2. The molecule has 0 saturated carbocycles. The number of hydrogen-bond acceptors (Lipinski definition) is 8. The first kappa shape index (κ1) is 23.4. The summed E-state index contributed by atoms with van der Waals surface area (Å²) in [7, 11) is 1.51. The van der Waals surface area contributed by atoms with Crippen molar-refractivity contribution < 1.29 is 18.8 Å². The van der Waals surface area contributed by atoms with Gasteiger partial charge in [0.15, 0.2) is 11.6 Å². The molecule has 1 atom stereocenters. The molecule has 0 aliphatic carbocycles. The van der Waals surface area contributed by atoms with E-state index in [1.165, 1.54) is 25.2 Å². The molecule has 0 aliphatic heterocycles. The lowest BCUT2D eigenvalue weighted by Crippen LogP contribution is -2.30. The number of benzene rings is 1. The predicted molar refractivity (Wildman–Crippen MR) is 115 cm³/mol. The van der Waals surface area contributed by atoms with E-state index in [9.17, 15) is 14.4 Å². The van der Waals surface area contributed by atoms with E-state index in [-0.39, 0.29) is 44.7 Å². The van der Waals surface area contributed by atoms with Crippen LogP contribution in [-0.4, -0.2) is 26.0 Å². The number of halogens is 2. The van der Waals surface area contributed by atoms with Gasteiger partial charge in [0.25, 0.3) is 5.56 Å². The van der Waals surface area contributed by atoms with E-state index in [0.717, 1.165) is 4.68 Å². The average Bonchev–Trinajstić information content (AvgIpc) is 3.13. The van der Waals surface area contributed by atoms with Crippen LogP contribution >= 0.6 is 23.2 Å². The molecule has 11 nitrogen and oxygen atoms in total. The number of aryl methyl sites for hydroxylation is 1. The van der Waals surface area contributed by atoms with Crippen LogP contribution in [0.4, 0.5) is 4.79 Å². The van der Waals surface area contributed by atoms with Crippen LogP contribution in [0.25, 0.3) is 0 Å². The molecule has 1 amide bonds. The van der Waals surface area contributed by atoms with Gasteiger partial charge in [-0.1, -0.05) is 42.2 Å². The molecule has 13 heteroatoms. The Balaban J connectivity index is 1.76. The Bertz CT molecular complexity index is 1240. The van der Waals surface area contributed by atoms with Crippen molar-refractivity contribution in [1.29, 1.82) is 0 Å². The predicted octanol–water partition coefficient (Wildman–Crippen LogP) is 3.53. The van der Waals surface area contributed by atoms with Crippen molar-refractivity contribution in [1.82, 2.24) is 25.2 Å². The van der Waals surface area contributed by atoms with Crippen molar-refractivity contribution in [3.63, 3.8) is 0 Å². The van der Waals surface area contributed by atoms with Gasteiger partial charge in [0.1, 0.15) is 5.75 Å². The first-order valence-corrected chi connectivity index (χ1v) is 10.1. The van der Waals surface area contributed by atoms with E-state index in [0.29, 0.717) is 5.56 Å². The summed E-state index contributed by atoms with van der Waals surface area (Å²) in [4.78, 5) is 37.6. The second-order valence-electron chi connectivity index (χ2n) is 7.08. The Morgan fingerprint density at radius 2 is 1.84 bits per heavy atom. The minimum atomic E-state index is -0.844. The summed E-state index contributed by atoms with van der Waals surface area (Å²) in [5.74, 6) is -0.419. The minimum Gasteiger partial charge on any atom is -0.434 e. The Labute approximate surface area is 191 Å². The van der Waals surface area contributed by atoms with Crippen LogP contribution in [0.3, 0.4) is 0 Å². The molecule has 2 heterocycles. The van der Waals surface area contributed by atoms with E-state index < -0.39 is 17.9 Å². The normalized spacial score (nSPS) is 12.0. The summed E-state index contributed by atoms with van der Waals surface area (Å²) in [6.07, 6.45) is -0.844. The Hall–Kier alpha value is -3.31. The van der Waals surface area contributed by atoms with Gasteiger partial charge in [0.05, 0.1) is 16.1 Å². The summed E-state index contributed by atoms with van der Waals surface area (Å²) in [5, 5.41) is 10.1. The second-order valence-corrected chi connectivity index (χ2v) is 7.89. The van der Waals surface area contributed by atoms with Crippen LogP contribution in [0.1, 0.15) is 44.1 Å². The lowest BCUT2D eigenvalue weighted by atomic mass is 10.1. The number of carbonyl (C=O) groups excluding carboxylic acids is 1. The van der Waals surface area contributed by atoms with Gasteiger partial charge in [-0.2, -0.15) is 0 Å². The smallest absolute Gasteiger partial charge is 0.434 e. The number of aromatic nitrogens is 4. The van der Waals surface area contributed by atoms with Crippen LogP contribution in [0, 0.1) is 0 Å². The first-order valence-electron chi connectivity index (χ1n) is 9.34. The minimum absolute atomic E-state index is 0.0435. The molecule has 0 aliphatic rings. The number of nitrogens with zero attached hydrogens (tertiary/aromatic N) is 3. The Kier molecular flexibility index (Phi) is 6.90. The molecule has 0 radical (unpaired) electrons. The number of carbonyl (C=O) groups is 1. The largest absolute Gasteiger partial charge is 0.438 e. The van der Waals surface area contributed by atoms with Gasteiger partial charge in [-0.3, -0.25) is 14.3 Å². The van der Waals surface area contributed by atoms with Gasteiger partial charge in [0, 0.05) is 30.8 Å². The maximum Gasteiger partial charge on any atom is 0.438 e. The fraction of sp³-hybridized carbons (Fsp3) is 0.316. The second kappa shape index (κ2) is 9.45. The number of ether oxygens (including phenoxy) is 2. The summed E-state index contributed by atoms with van der Waals surface area (Å²) < 4.78 is 16.4. The standard InChI is InChI=1S/C19H19Cl2N5O6/c1-8(2)11-7-14(24-26(4)17(11)27)31-15-12(20)5-10(6-13(15)21)30-18(28)22-9(3)16-23-19(29)32-25-16/h5-9H,1-4H3,(H,22,28)(H,23,25,29). The van der Waals surface area contributed by atoms with Gasteiger partial charge in [-0.15, -0.1) is 5.10 Å². The van der Waals surface area contributed by atoms with Gasteiger partial charge in [-0.05, 0) is 12.8 Å². The van der Waals surface area contributed by atoms with Crippen molar-refractivity contribution in [3.05, 3.63) is 60.5 Å². The number of rotatable bonds is 6. The highest BCUT2D eigenvalue weighted by molar-refractivity contribution is 6.37. The molecule has 0 fully saturated rings. The highest BCUT2D eigenvalue weighted by Gasteiger charge is 2.19. The Morgan fingerprint density at radius 3 is 2.41 bits per heavy atom. The lowest BCUT2D eigenvalue weighted by molar-refractivity contribution is 0.196. The fourth-order valence-corrected chi connectivity index (χ4v) is 3.22. The molecular formula is C19H19Cl2N5O6. The van der Waals surface area contributed by atoms with Crippen LogP contribution in [-0.2, 0) is 7.05 Å². The molecule has 3 rings (SSSR count). The summed E-state index contributed by atoms with van der Waals surface area (Å²) >= 11 is 12.5. The number of hydrogen-bond donors (Lipinski definition) is 2. The summed E-state index contributed by atoms with van der Waals surface area (Å²) in [6.45, 7) is 5.31. The molecule has 0 bridgehead atoms. The quantitative estimate of drug-likeness (QED) is 0.541. The fourth-order valence-electron chi connectivity index (χ4n) is 2.67. The number of amides is 1. The van der Waals surface area contributed by atoms with Gasteiger partial charge in [0.2, 0.25) is 5.88 Å². The third-order valence-corrected chi connectivity index (χ3v) is 4.84. The third kappa shape index (κ3) is 5.29. The zero-order valence-electron chi connectivity index (χ0n) is 17.4. The molecule has 1 aromatic carbocycles. The van der Waals surface area contributed by atoms with E-state index in [4.69, 9.17) is 32.7 Å². The van der Waals surface area contributed by atoms with Crippen LogP contribution in [0.2, 0.25) is 10.0 Å². The van der Waals surface area contributed by atoms with Crippen LogP contribution in [0.5, 0.6) is 17.4 Å². The SMILES string of the molecule is CC(C)c1cc(Oc2c(Cl)cc(OC(=O)NC(C)c3noc(=O)[nH]3)cc2Cl)nn(C)c1=O. The molecule has 170 valence electrons. The van der Waals surface area contributed by atoms with Crippen LogP contribution < -0.4 is 26.1 Å². The molecule has 3 aromatic rings. The zero-order valence-corrected chi connectivity index (χ0v) is 18.9. The molecule has 0 saturated heterocycles. The van der Waals surface area contributed by atoms with E-state index in [1.807, 2.05) is 13.8 Å². The maximum atomic E-state index is 12.2. The molecular weight excluding hydrogens is 465 g/mol. The molecule has 32 heavy (non-hydrogen) atoms. The van der Waals surface area contributed by atoms with Gasteiger partial charge >= 0.3 is 11.8 Å². The van der Waals surface area contributed by atoms with Crippen molar-refractivity contribution in [2.24, 2.45) is 7.05 Å². The highest BCUT2D eigenvalue weighted by Crippen LogP contribution is 2.39. The average molecular weight is 484 g/mol. The van der Waals surface area contributed by atoms with Crippen molar-refractivity contribution >= 4 is 29.3 Å². The number of H-pyrrole nitrogens is 1. The molecule has 2 N–H and O–H groups in total. The van der Waals surface area contributed by atoms with Crippen molar-refractivity contribution in [2.45, 2.75) is 32.7 Å². The number of aromatic amines is 1. The molecule has 0 spiro atoms. The monoisotopic (exact) mass is 483 g/mol. The molecule has 2 aromatic heterocycles. The van der Waals surface area contributed by atoms with Gasteiger partial charge < -0.3 is 14.8 Å². The van der Waals surface area contributed by atoms with E-state index in [1.54, 1.807) is 6.92 Å². The zero-order chi connectivity index (χ0) is 23.6. The Morgan fingerprint density at radius 1 is 1.19 bits per heavy atom. The first-order chi connectivity index (χ1) is 15.0. The van der Waals surface area contributed by atoms with Crippen molar-refractivity contribution in [2.75, 3.05) is 0 Å². The van der Waals surface area contributed by atoms with E-state index in [2.05, 4.69) is 25.1 Å². The lowest BCUT2D eigenvalue weighted by Gasteiger charge is -2.14. The highest BCUT2D eigenvalue weighted by atomic mass is 35.5. The van der Waals surface area contributed by atoms with Gasteiger partial charge in [-0.25, -0.2) is 14.3 Å². The molecule has 1 unspecified atom stereocenters. The van der Waals surface area contributed by atoms with E-state index >= 15 is 0 Å². The summed E-state index contributed by atoms with van der Waals surface area (Å²) in [5.41, 5.74) is 0.284. The van der Waals surface area contributed by atoms with Crippen molar-refractivity contribution in [3.8, 4) is 17.4 Å². The maximum absolute atomic E-state index is 12.2. The summed E-state index contributed by atoms with van der Waals surface area (Å²) in [6, 6.07) is 3.49. The van der Waals surface area contributed by atoms with Crippen LogP contribution in [0.15, 0.2) is 32.3 Å².